The highest BCUT2D eigenvalue weighted by molar-refractivity contribution is 5.93. The molecule has 3 N–H and O–H groups in total. The van der Waals surface area contributed by atoms with Gasteiger partial charge in [-0.05, 0) is 70.1 Å². The third-order valence-corrected chi connectivity index (χ3v) is 7.37. The van der Waals surface area contributed by atoms with Crippen LogP contribution in [0.5, 0.6) is 0 Å². The molecule has 3 aliphatic rings. The van der Waals surface area contributed by atoms with Crippen LogP contribution < -0.4 is 16.0 Å². The largest absolute Gasteiger partial charge is 0.444 e. The van der Waals surface area contributed by atoms with Crippen molar-refractivity contribution >= 4 is 23.8 Å². The van der Waals surface area contributed by atoms with Gasteiger partial charge in [0, 0.05) is 19.0 Å². The number of hydrogen-bond acceptors (Lipinski definition) is 6. The smallest absolute Gasteiger partial charge is 0.408 e. The van der Waals surface area contributed by atoms with Crippen LogP contribution in [0.25, 0.3) is 0 Å². The number of nitrogens with one attached hydrogen (secondary N) is 3. The molecular formula is C26H41N5O5. The number of carbonyl (C=O) groups excluding carboxylic acids is 4. The van der Waals surface area contributed by atoms with E-state index in [1.165, 1.54) is 0 Å². The first-order valence-electron chi connectivity index (χ1n) is 13.0. The van der Waals surface area contributed by atoms with Crippen molar-refractivity contribution in [2.75, 3.05) is 13.1 Å². The monoisotopic (exact) mass is 503 g/mol. The average molecular weight is 504 g/mol. The second-order valence-electron chi connectivity index (χ2n) is 12.4. The van der Waals surface area contributed by atoms with Gasteiger partial charge < -0.3 is 25.6 Å². The number of rotatable bonds is 6. The molecule has 3 unspecified atom stereocenters. The Hall–Kier alpha value is -2.83. The maximum atomic E-state index is 13.8. The van der Waals surface area contributed by atoms with Gasteiger partial charge in [-0.1, -0.05) is 20.8 Å². The maximum Gasteiger partial charge on any atom is 0.408 e. The average Bonchev–Trinajstić information content (AvgIpc) is 3.00. The topological polar surface area (TPSA) is 141 Å². The van der Waals surface area contributed by atoms with Crippen molar-refractivity contribution < 1.29 is 23.9 Å². The van der Waals surface area contributed by atoms with E-state index in [2.05, 4.69) is 22.0 Å². The zero-order chi connectivity index (χ0) is 26.8. The first kappa shape index (κ1) is 27.8. The summed E-state index contributed by atoms with van der Waals surface area (Å²) < 4.78 is 5.38. The molecule has 0 bridgehead atoms. The Morgan fingerprint density at radius 2 is 1.83 bits per heavy atom. The molecule has 200 valence electrons. The molecule has 0 spiro atoms. The van der Waals surface area contributed by atoms with Crippen LogP contribution in [-0.4, -0.2) is 65.5 Å². The van der Waals surface area contributed by atoms with Gasteiger partial charge in [0.1, 0.15) is 23.7 Å². The van der Waals surface area contributed by atoms with Gasteiger partial charge in [0.25, 0.3) is 0 Å². The van der Waals surface area contributed by atoms with E-state index in [1.54, 1.807) is 25.7 Å². The lowest BCUT2D eigenvalue weighted by atomic mass is 9.73. The number of carbonyl (C=O) groups is 4. The molecule has 3 rings (SSSR count). The van der Waals surface area contributed by atoms with Crippen LogP contribution in [0.3, 0.4) is 0 Å². The minimum atomic E-state index is -0.891. The minimum Gasteiger partial charge on any atom is -0.444 e. The predicted molar refractivity (Wildman–Crippen MR) is 132 cm³/mol. The SMILES string of the molecule is CC(C)(C)OC(=O)N[C@H](C(=O)N1C[C@@H]2CC[C@@H]2C1C(=O)NC(C#N)CC1CCCNC1=O)C(C)(C)C. The molecule has 0 radical (unpaired) electrons. The number of hydrogen-bond donors (Lipinski definition) is 3. The highest BCUT2D eigenvalue weighted by Gasteiger charge is 2.54. The molecule has 0 aromatic heterocycles. The number of ether oxygens (including phenoxy) is 1. The van der Waals surface area contributed by atoms with Crippen LogP contribution in [-0.2, 0) is 19.1 Å². The van der Waals surface area contributed by atoms with Crippen molar-refractivity contribution in [1.82, 2.24) is 20.9 Å². The molecule has 4 amide bonds. The molecule has 3 fully saturated rings. The number of fused-ring (bicyclic) bond motifs is 1. The van der Waals surface area contributed by atoms with Gasteiger partial charge in [-0.3, -0.25) is 14.4 Å². The van der Waals surface area contributed by atoms with E-state index in [0.717, 1.165) is 19.3 Å². The lowest BCUT2D eigenvalue weighted by Gasteiger charge is -2.37. The summed E-state index contributed by atoms with van der Waals surface area (Å²) in [7, 11) is 0. The van der Waals surface area contributed by atoms with Gasteiger partial charge in [0.05, 0.1) is 6.07 Å². The lowest BCUT2D eigenvalue weighted by Crippen LogP contribution is -2.59. The molecule has 1 aliphatic carbocycles. The Morgan fingerprint density at radius 3 is 2.36 bits per heavy atom. The Bertz CT molecular complexity index is 915. The first-order valence-corrected chi connectivity index (χ1v) is 13.0. The van der Waals surface area contributed by atoms with Gasteiger partial charge in [-0.15, -0.1) is 0 Å². The van der Waals surface area contributed by atoms with E-state index < -0.39 is 35.2 Å². The van der Waals surface area contributed by atoms with E-state index in [-0.39, 0.29) is 41.9 Å². The van der Waals surface area contributed by atoms with Crippen LogP contribution in [0, 0.1) is 34.5 Å². The number of nitrogens with zero attached hydrogens (tertiary/aromatic N) is 2. The fraction of sp³-hybridized carbons (Fsp3) is 0.808. The van der Waals surface area contributed by atoms with E-state index in [0.29, 0.717) is 19.5 Å². The molecule has 10 heteroatoms. The molecule has 2 aliphatic heterocycles. The lowest BCUT2D eigenvalue weighted by molar-refractivity contribution is -0.143. The summed E-state index contributed by atoms with van der Waals surface area (Å²) >= 11 is 0. The summed E-state index contributed by atoms with van der Waals surface area (Å²) in [5.41, 5.74) is -1.34. The molecule has 6 atom stereocenters. The molecule has 0 aromatic rings. The van der Waals surface area contributed by atoms with Crippen LogP contribution in [0.15, 0.2) is 0 Å². The van der Waals surface area contributed by atoms with E-state index in [1.807, 2.05) is 20.8 Å². The molecule has 2 saturated heterocycles. The van der Waals surface area contributed by atoms with Crippen molar-refractivity contribution in [3.8, 4) is 6.07 Å². The number of amides is 4. The van der Waals surface area contributed by atoms with Gasteiger partial charge in [0.2, 0.25) is 17.7 Å². The van der Waals surface area contributed by atoms with Gasteiger partial charge >= 0.3 is 6.09 Å². The number of alkyl carbamates (subject to hydrolysis) is 1. The van der Waals surface area contributed by atoms with Crippen molar-refractivity contribution in [3.63, 3.8) is 0 Å². The quantitative estimate of drug-likeness (QED) is 0.507. The molecule has 2 heterocycles. The molecule has 10 nitrogen and oxygen atoms in total. The van der Waals surface area contributed by atoms with Crippen molar-refractivity contribution in [2.45, 2.75) is 97.4 Å². The second kappa shape index (κ2) is 10.7. The molecule has 1 saturated carbocycles. The Labute approximate surface area is 213 Å². The zero-order valence-corrected chi connectivity index (χ0v) is 22.3. The summed E-state index contributed by atoms with van der Waals surface area (Å²) in [5.74, 6) is -0.866. The summed E-state index contributed by atoms with van der Waals surface area (Å²) in [6, 6.07) is -0.302. The standard InChI is InChI=1S/C26H41N5O5/c1-25(2,3)20(30-24(35)36-26(4,5)6)23(34)31-14-16-9-10-18(16)19(31)22(33)29-17(13-27)12-15-8-7-11-28-21(15)32/h15-20H,7-12,14H2,1-6H3,(H,28,32)(H,29,33)(H,30,35)/t15?,16-,17?,18-,19?,20+/m0/s1. The van der Waals surface area contributed by atoms with Crippen LogP contribution >= 0.6 is 0 Å². The Balaban J connectivity index is 1.74. The zero-order valence-electron chi connectivity index (χ0n) is 22.3. The minimum absolute atomic E-state index is 0.0217. The van der Waals surface area contributed by atoms with Crippen LogP contribution in [0.1, 0.15) is 73.6 Å². The summed E-state index contributed by atoms with van der Waals surface area (Å²) in [6.07, 6.45) is 2.84. The number of likely N-dealkylation sites (tertiary alicyclic amines) is 1. The fourth-order valence-electron chi connectivity index (χ4n) is 5.38. The van der Waals surface area contributed by atoms with Crippen molar-refractivity contribution in [3.05, 3.63) is 0 Å². The third-order valence-electron chi connectivity index (χ3n) is 7.37. The third kappa shape index (κ3) is 6.48. The first-order chi connectivity index (χ1) is 16.7. The molecule has 0 aromatic carbocycles. The molecule has 36 heavy (non-hydrogen) atoms. The Morgan fingerprint density at radius 1 is 1.14 bits per heavy atom. The van der Waals surface area contributed by atoms with Crippen molar-refractivity contribution in [2.24, 2.45) is 23.2 Å². The predicted octanol–water partition coefficient (Wildman–Crippen LogP) is 2.09. The van der Waals surface area contributed by atoms with Crippen LogP contribution in [0.2, 0.25) is 0 Å². The second-order valence-corrected chi connectivity index (χ2v) is 12.4. The van der Waals surface area contributed by atoms with E-state index in [4.69, 9.17) is 4.74 Å². The van der Waals surface area contributed by atoms with E-state index >= 15 is 0 Å². The number of piperidine rings is 1. The maximum absolute atomic E-state index is 13.8. The molecular weight excluding hydrogens is 462 g/mol. The van der Waals surface area contributed by atoms with E-state index in [9.17, 15) is 24.4 Å². The fourth-order valence-corrected chi connectivity index (χ4v) is 5.38. The Kier molecular flexibility index (Phi) is 8.21. The summed E-state index contributed by atoms with van der Waals surface area (Å²) in [4.78, 5) is 53.5. The van der Waals surface area contributed by atoms with Crippen LogP contribution in [0.4, 0.5) is 4.79 Å². The summed E-state index contributed by atoms with van der Waals surface area (Å²) in [5, 5.41) is 18.0. The normalized spacial score (nSPS) is 27.5. The van der Waals surface area contributed by atoms with Gasteiger partial charge in [-0.2, -0.15) is 5.26 Å². The number of nitriles is 1. The highest BCUT2D eigenvalue weighted by Crippen LogP contribution is 2.45. The summed E-state index contributed by atoms with van der Waals surface area (Å²) in [6.45, 7) is 11.9. The highest BCUT2D eigenvalue weighted by atomic mass is 16.6. The van der Waals surface area contributed by atoms with Crippen molar-refractivity contribution in [1.29, 1.82) is 5.26 Å². The van der Waals surface area contributed by atoms with Gasteiger partial charge in [0.15, 0.2) is 0 Å². The van der Waals surface area contributed by atoms with Gasteiger partial charge in [-0.25, -0.2) is 4.79 Å².